The first-order chi connectivity index (χ1) is 11.6. The molecular weight excluding hydrogens is 369 g/mol. The smallest absolute Gasteiger partial charge is 0.290 e. The number of alkyl halides is 3. The number of nitrogens with two attached hydrogens (primary N) is 1. The summed E-state index contributed by atoms with van der Waals surface area (Å²) in [5.74, 6) is -2.08. The number of aliphatic imine (C=N–C) groups is 1. The van der Waals surface area contributed by atoms with Gasteiger partial charge in [0.25, 0.3) is 10.2 Å². The fourth-order valence-corrected chi connectivity index (χ4v) is 2.25. The zero-order chi connectivity index (χ0) is 18.7. The lowest BCUT2D eigenvalue weighted by atomic mass is 9.98. The maximum atomic E-state index is 12.8. The fourth-order valence-electron chi connectivity index (χ4n) is 1.92. The molecule has 0 fully saturated rings. The molecule has 1 aromatic rings. The Morgan fingerprint density at radius 3 is 2.80 bits per heavy atom. The Morgan fingerprint density at radius 1 is 1.48 bits per heavy atom. The summed E-state index contributed by atoms with van der Waals surface area (Å²) in [5.41, 5.74) is 1.40. The number of rotatable bonds is 5. The average molecular weight is 382 g/mol. The summed E-state index contributed by atoms with van der Waals surface area (Å²) in [4.78, 5) is 3.86. The number of allylic oxidation sites excluding steroid dienone is 4. The van der Waals surface area contributed by atoms with Gasteiger partial charge in [-0.05, 0) is 11.2 Å². The van der Waals surface area contributed by atoms with Crippen molar-refractivity contribution in [3.8, 4) is 0 Å². The van der Waals surface area contributed by atoms with Gasteiger partial charge < -0.3 is 0 Å². The molecule has 1 heterocycles. The van der Waals surface area contributed by atoms with E-state index in [2.05, 4.69) is 19.9 Å². The standard InChI is InChI=1S/C11H13F3N6O4S/c12-11(13,14)6-2-1-3-7(4-6)17-10(18-21)9-8(19-24-20-9)5-16-25(15,22)23/h1-3,6,16,21H,4-5H2,(H,17,18)(H2,15,22,23)/t6-/m0/s1. The Bertz CT molecular complexity index is 814. The fraction of sp³-hybridized carbons (Fsp3) is 0.364. The Kier molecular flexibility index (Phi) is 5.56. The van der Waals surface area contributed by atoms with E-state index in [0.29, 0.717) is 0 Å². The largest absolute Gasteiger partial charge is 0.395 e. The summed E-state index contributed by atoms with van der Waals surface area (Å²) in [6.07, 6.45) is -1.36. The number of nitrogens with zero attached hydrogens (tertiary/aromatic N) is 3. The van der Waals surface area contributed by atoms with Crippen LogP contribution in [0.5, 0.6) is 0 Å². The zero-order valence-electron chi connectivity index (χ0n) is 12.4. The van der Waals surface area contributed by atoms with Crippen molar-refractivity contribution in [3.05, 3.63) is 35.3 Å². The second-order valence-electron chi connectivity index (χ2n) is 4.89. The SMILES string of the molecule is NS(=O)(=O)NCc1nonc1C(=NC1=CC=C[C@H](C(F)(F)F)C1)NO. The van der Waals surface area contributed by atoms with Crippen LogP contribution in [0.15, 0.2) is 33.5 Å². The van der Waals surface area contributed by atoms with Crippen LogP contribution in [0.1, 0.15) is 17.8 Å². The average Bonchev–Trinajstić information content (AvgIpc) is 2.98. The van der Waals surface area contributed by atoms with Crippen LogP contribution in [0.3, 0.4) is 0 Å². The number of nitrogens with one attached hydrogen (secondary N) is 2. The van der Waals surface area contributed by atoms with Crippen molar-refractivity contribution in [2.24, 2.45) is 16.0 Å². The van der Waals surface area contributed by atoms with Gasteiger partial charge in [0.05, 0.1) is 12.5 Å². The summed E-state index contributed by atoms with van der Waals surface area (Å²) < 4.78 is 66.5. The second-order valence-corrected chi connectivity index (χ2v) is 6.27. The molecule has 0 aromatic carbocycles. The summed E-state index contributed by atoms with van der Waals surface area (Å²) in [6.45, 7) is -0.428. The molecule has 0 aliphatic heterocycles. The highest BCUT2D eigenvalue weighted by molar-refractivity contribution is 7.87. The van der Waals surface area contributed by atoms with E-state index in [1.807, 2.05) is 4.72 Å². The van der Waals surface area contributed by atoms with Crippen molar-refractivity contribution in [2.75, 3.05) is 0 Å². The lowest BCUT2D eigenvalue weighted by Crippen LogP contribution is -2.31. The van der Waals surface area contributed by atoms with Crippen LogP contribution >= 0.6 is 0 Å². The van der Waals surface area contributed by atoms with Gasteiger partial charge >= 0.3 is 6.18 Å². The topological polar surface area (TPSA) is 156 Å². The molecule has 1 atom stereocenters. The molecule has 0 bridgehead atoms. The van der Waals surface area contributed by atoms with Gasteiger partial charge in [-0.15, -0.1) is 0 Å². The first kappa shape index (κ1) is 19.0. The first-order valence-corrected chi connectivity index (χ1v) is 8.17. The van der Waals surface area contributed by atoms with Gasteiger partial charge in [-0.25, -0.2) is 14.8 Å². The molecule has 10 nitrogen and oxygen atoms in total. The van der Waals surface area contributed by atoms with E-state index in [0.717, 1.165) is 6.08 Å². The minimum Gasteiger partial charge on any atom is -0.290 e. The van der Waals surface area contributed by atoms with Crippen molar-refractivity contribution in [1.82, 2.24) is 20.5 Å². The number of hydrogen-bond acceptors (Lipinski definition) is 7. The monoisotopic (exact) mass is 382 g/mol. The van der Waals surface area contributed by atoms with E-state index in [9.17, 15) is 26.8 Å². The van der Waals surface area contributed by atoms with Crippen molar-refractivity contribution in [3.63, 3.8) is 0 Å². The van der Waals surface area contributed by atoms with Gasteiger partial charge in [0.1, 0.15) is 5.69 Å². The lowest BCUT2D eigenvalue weighted by molar-refractivity contribution is -0.160. The second kappa shape index (κ2) is 7.30. The number of aromatic nitrogens is 2. The van der Waals surface area contributed by atoms with E-state index in [1.54, 1.807) is 5.48 Å². The molecule has 1 aliphatic rings. The number of hydrogen-bond donors (Lipinski definition) is 4. The van der Waals surface area contributed by atoms with Gasteiger partial charge in [0.15, 0.2) is 11.5 Å². The molecule has 0 radical (unpaired) electrons. The third kappa shape index (κ3) is 5.35. The van der Waals surface area contributed by atoms with E-state index in [1.165, 1.54) is 12.2 Å². The molecule has 0 saturated carbocycles. The number of hydroxylamine groups is 1. The Morgan fingerprint density at radius 2 is 2.20 bits per heavy atom. The molecule has 0 amide bonds. The third-order valence-corrected chi connectivity index (χ3v) is 3.61. The van der Waals surface area contributed by atoms with Crippen LogP contribution in [0.25, 0.3) is 0 Å². The molecule has 0 saturated heterocycles. The molecule has 14 heteroatoms. The van der Waals surface area contributed by atoms with Gasteiger partial charge in [-0.2, -0.15) is 26.3 Å². The summed E-state index contributed by atoms with van der Waals surface area (Å²) >= 11 is 0. The van der Waals surface area contributed by atoms with Gasteiger partial charge in [0.2, 0.25) is 0 Å². The van der Waals surface area contributed by atoms with Crippen LogP contribution in [-0.4, -0.2) is 36.0 Å². The van der Waals surface area contributed by atoms with Gasteiger partial charge in [-0.1, -0.05) is 17.3 Å². The maximum absolute atomic E-state index is 12.8. The van der Waals surface area contributed by atoms with Crippen LogP contribution in [0, 0.1) is 5.92 Å². The van der Waals surface area contributed by atoms with E-state index < -0.39 is 35.3 Å². The molecule has 25 heavy (non-hydrogen) atoms. The summed E-state index contributed by atoms with van der Waals surface area (Å²) in [6, 6.07) is 0. The van der Waals surface area contributed by atoms with Crippen LogP contribution in [-0.2, 0) is 16.8 Å². The molecular formula is C11H13F3N6O4S. The Hall–Kier alpha value is -2.29. The number of amidine groups is 1. The maximum Gasteiger partial charge on any atom is 0.395 e. The quantitative estimate of drug-likeness (QED) is 0.320. The van der Waals surface area contributed by atoms with Crippen LogP contribution in [0.2, 0.25) is 0 Å². The molecule has 0 spiro atoms. The van der Waals surface area contributed by atoms with Crippen molar-refractivity contribution in [2.45, 2.75) is 19.1 Å². The van der Waals surface area contributed by atoms with Crippen molar-refractivity contribution < 1.29 is 31.4 Å². The Balaban J connectivity index is 2.23. The molecule has 1 aliphatic carbocycles. The van der Waals surface area contributed by atoms with E-state index >= 15 is 0 Å². The minimum atomic E-state index is -4.43. The Labute approximate surface area is 139 Å². The summed E-state index contributed by atoms with van der Waals surface area (Å²) in [5, 5.41) is 20.8. The molecule has 1 aromatic heterocycles. The summed E-state index contributed by atoms with van der Waals surface area (Å²) in [7, 11) is -4.03. The molecule has 2 rings (SSSR count). The van der Waals surface area contributed by atoms with Crippen LogP contribution in [0.4, 0.5) is 13.2 Å². The third-order valence-electron chi connectivity index (χ3n) is 3.06. The zero-order valence-corrected chi connectivity index (χ0v) is 13.2. The highest BCUT2D eigenvalue weighted by atomic mass is 32.2. The van der Waals surface area contributed by atoms with Crippen molar-refractivity contribution in [1.29, 1.82) is 0 Å². The molecule has 5 N–H and O–H groups in total. The lowest BCUT2D eigenvalue weighted by Gasteiger charge is -2.19. The predicted molar refractivity (Wildman–Crippen MR) is 77.1 cm³/mol. The van der Waals surface area contributed by atoms with Crippen molar-refractivity contribution >= 4 is 16.0 Å². The van der Waals surface area contributed by atoms with Gasteiger partial charge in [-0.3, -0.25) is 10.7 Å². The normalized spacial score (nSPS) is 19.0. The van der Waals surface area contributed by atoms with Crippen LogP contribution < -0.4 is 15.3 Å². The van der Waals surface area contributed by atoms with E-state index in [-0.39, 0.29) is 22.9 Å². The highest BCUT2D eigenvalue weighted by Gasteiger charge is 2.39. The van der Waals surface area contributed by atoms with E-state index in [4.69, 9.17) is 5.14 Å². The number of halogens is 3. The predicted octanol–water partition coefficient (Wildman–Crippen LogP) is 0.110. The minimum absolute atomic E-state index is 0.00901. The molecule has 138 valence electrons. The van der Waals surface area contributed by atoms with Gasteiger partial charge in [0, 0.05) is 12.1 Å². The highest BCUT2D eigenvalue weighted by Crippen LogP contribution is 2.34. The molecule has 0 unspecified atom stereocenters. The first-order valence-electron chi connectivity index (χ1n) is 6.62.